The van der Waals surface area contributed by atoms with Gasteiger partial charge in [0, 0.05) is 19.2 Å². The summed E-state index contributed by atoms with van der Waals surface area (Å²) in [5.41, 5.74) is 0.432. The Morgan fingerprint density at radius 1 is 0.962 bits per heavy atom. The predicted molar refractivity (Wildman–Crippen MR) is 98.3 cm³/mol. The number of ether oxygens (including phenoxy) is 2. The van der Waals surface area contributed by atoms with Crippen molar-refractivity contribution in [2.24, 2.45) is 0 Å². The minimum Gasteiger partial charge on any atom is -0.454 e. The molecule has 0 aliphatic carbocycles. The van der Waals surface area contributed by atoms with Gasteiger partial charge in [0.25, 0.3) is 10.0 Å². The van der Waals surface area contributed by atoms with Crippen LogP contribution in [0.1, 0.15) is 25.7 Å². The third kappa shape index (κ3) is 3.55. The molecule has 1 saturated heterocycles. The smallest absolute Gasteiger partial charge is 0.262 e. The number of nitrogens with one attached hydrogen (secondary N) is 1. The topological polar surface area (TPSA) is 80.8 Å². The Balaban J connectivity index is 1.49. The summed E-state index contributed by atoms with van der Waals surface area (Å²) >= 11 is 0. The van der Waals surface area contributed by atoms with E-state index in [-0.39, 0.29) is 11.7 Å². The van der Waals surface area contributed by atoms with Gasteiger partial charge in [-0.05, 0) is 37.1 Å². The average Bonchev–Trinajstić information content (AvgIpc) is 2.94. The molecule has 0 bridgehead atoms. The van der Waals surface area contributed by atoms with Gasteiger partial charge in [0.05, 0.1) is 16.8 Å². The monoisotopic (exact) mass is 375 g/mol. The van der Waals surface area contributed by atoms with Crippen LogP contribution in [0.3, 0.4) is 0 Å². The minimum atomic E-state index is -3.72. The van der Waals surface area contributed by atoms with Gasteiger partial charge in [0.2, 0.25) is 6.79 Å². The zero-order valence-corrected chi connectivity index (χ0v) is 15.2. The Hall–Kier alpha value is -2.48. The first-order valence-corrected chi connectivity index (χ1v) is 10.2. The van der Waals surface area contributed by atoms with Gasteiger partial charge < -0.3 is 14.4 Å². The van der Waals surface area contributed by atoms with Crippen LogP contribution in [0.25, 0.3) is 0 Å². The molecule has 3 heterocycles. The van der Waals surface area contributed by atoms with Gasteiger partial charge in [0.1, 0.15) is 5.82 Å². The summed E-state index contributed by atoms with van der Waals surface area (Å²) in [6.45, 7) is 2.10. The minimum absolute atomic E-state index is 0.105. The molecule has 0 spiro atoms. The van der Waals surface area contributed by atoms with Crippen molar-refractivity contribution in [3.63, 3.8) is 0 Å². The lowest BCUT2D eigenvalue weighted by molar-refractivity contribution is 0.174. The maximum Gasteiger partial charge on any atom is 0.262 e. The molecule has 2 aromatic rings. The molecule has 138 valence electrons. The maximum atomic E-state index is 12.6. The van der Waals surface area contributed by atoms with E-state index >= 15 is 0 Å². The first-order chi connectivity index (χ1) is 12.6. The van der Waals surface area contributed by atoms with E-state index in [2.05, 4.69) is 14.6 Å². The highest BCUT2D eigenvalue weighted by Crippen LogP contribution is 2.34. The molecule has 2 aliphatic rings. The summed E-state index contributed by atoms with van der Waals surface area (Å²) in [6.07, 6.45) is 6.40. The number of nitrogens with zero attached hydrogens (tertiary/aromatic N) is 2. The van der Waals surface area contributed by atoms with E-state index in [1.54, 1.807) is 18.3 Å². The molecule has 0 amide bonds. The second-order valence-electron chi connectivity index (χ2n) is 6.43. The van der Waals surface area contributed by atoms with Gasteiger partial charge in [-0.15, -0.1) is 0 Å². The van der Waals surface area contributed by atoms with Crippen molar-refractivity contribution < 1.29 is 17.9 Å². The molecule has 26 heavy (non-hydrogen) atoms. The van der Waals surface area contributed by atoms with E-state index < -0.39 is 10.0 Å². The van der Waals surface area contributed by atoms with Crippen molar-refractivity contribution in [1.29, 1.82) is 0 Å². The van der Waals surface area contributed by atoms with Crippen LogP contribution in [0.2, 0.25) is 0 Å². The largest absolute Gasteiger partial charge is 0.454 e. The lowest BCUT2D eigenvalue weighted by Crippen LogP contribution is -2.24. The van der Waals surface area contributed by atoms with Crippen LogP contribution in [0.5, 0.6) is 11.5 Å². The molecule has 0 atom stereocenters. The zero-order valence-electron chi connectivity index (χ0n) is 14.3. The molecule has 8 heteroatoms. The molecular formula is C18H21N3O4S. The van der Waals surface area contributed by atoms with Crippen molar-refractivity contribution in [3.8, 4) is 11.5 Å². The number of rotatable bonds is 4. The Kier molecular flexibility index (Phi) is 4.58. The van der Waals surface area contributed by atoms with Crippen molar-refractivity contribution >= 4 is 21.5 Å². The summed E-state index contributed by atoms with van der Waals surface area (Å²) in [4.78, 5) is 6.81. The second kappa shape index (κ2) is 7.03. The fourth-order valence-electron chi connectivity index (χ4n) is 3.19. The van der Waals surface area contributed by atoms with E-state index in [1.165, 1.54) is 37.8 Å². The maximum absolute atomic E-state index is 12.6. The Bertz CT molecular complexity index is 876. The lowest BCUT2D eigenvalue weighted by Gasteiger charge is -2.21. The third-order valence-electron chi connectivity index (χ3n) is 4.58. The molecule has 1 N–H and O–H groups in total. The van der Waals surface area contributed by atoms with Crippen LogP contribution in [0.4, 0.5) is 11.5 Å². The number of hydrogen-bond acceptors (Lipinski definition) is 6. The summed E-state index contributed by atoms with van der Waals surface area (Å²) < 4.78 is 38.2. The summed E-state index contributed by atoms with van der Waals surface area (Å²) in [5, 5.41) is 0. The molecule has 7 nitrogen and oxygen atoms in total. The molecule has 0 unspecified atom stereocenters. The van der Waals surface area contributed by atoms with Crippen LogP contribution >= 0.6 is 0 Å². The molecule has 1 aromatic carbocycles. The van der Waals surface area contributed by atoms with Crippen LogP contribution in [-0.4, -0.2) is 33.3 Å². The van der Waals surface area contributed by atoms with Crippen LogP contribution in [-0.2, 0) is 10.0 Å². The van der Waals surface area contributed by atoms with E-state index in [1.807, 2.05) is 6.07 Å². The molecule has 0 saturated carbocycles. The highest BCUT2D eigenvalue weighted by atomic mass is 32.2. The van der Waals surface area contributed by atoms with E-state index in [0.717, 1.165) is 18.9 Å². The Labute approximate surface area is 153 Å². The lowest BCUT2D eigenvalue weighted by atomic mass is 10.2. The van der Waals surface area contributed by atoms with Gasteiger partial charge in [-0.25, -0.2) is 13.4 Å². The quantitative estimate of drug-likeness (QED) is 0.885. The number of hydrogen-bond donors (Lipinski definition) is 1. The van der Waals surface area contributed by atoms with Crippen molar-refractivity contribution in [3.05, 3.63) is 36.5 Å². The van der Waals surface area contributed by atoms with Gasteiger partial charge >= 0.3 is 0 Å². The van der Waals surface area contributed by atoms with Crippen LogP contribution in [0.15, 0.2) is 41.4 Å². The van der Waals surface area contributed by atoms with E-state index in [4.69, 9.17) is 9.47 Å². The second-order valence-corrected chi connectivity index (χ2v) is 8.11. The van der Waals surface area contributed by atoms with Gasteiger partial charge in [0.15, 0.2) is 11.5 Å². The number of benzene rings is 1. The Morgan fingerprint density at radius 3 is 2.46 bits per heavy atom. The first kappa shape index (κ1) is 17.0. The van der Waals surface area contributed by atoms with Gasteiger partial charge in [-0.3, -0.25) is 4.72 Å². The summed E-state index contributed by atoms with van der Waals surface area (Å²) in [6, 6.07) is 8.16. The highest BCUT2D eigenvalue weighted by molar-refractivity contribution is 7.92. The predicted octanol–water partition coefficient (Wildman–Crippen LogP) is 2.99. The van der Waals surface area contributed by atoms with Crippen LogP contribution in [0, 0.1) is 0 Å². The standard InChI is InChI=1S/C18H21N3O4S/c22-26(23,15-6-7-16-17(11-15)25-13-24-16)20-14-5-8-18(19-12-14)21-9-3-1-2-4-10-21/h5-8,11-12,20H,1-4,9-10,13H2. The third-order valence-corrected chi connectivity index (χ3v) is 5.96. The van der Waals surface area contributed by atoms with Gasteiger partial charge in [-0.2, -0.15) is 0 Å². The molecular weight excluding hydrogens is 354 g/mol. The molecule has 1 aromatic heterocycles. The van der Waals surface area contributed by atoms with Crippen LogP contribution < -0.4 is 19.1 Å². The highest BCUT2D eigenvalue weighted by Gasteiger charge is 2.20. The van der Waals surface area contributed by atoms with Crippen molar-refractivity contribution in [2.75, 3.05) is 29.5 Å². The molecule has 2 aliphatic heterocycles. The first-order valence-electron chi connectivity index (χ1n) is 8.75. The normalized spacial score (nSPS) is 17.0. The average molecular weight is 375 g/mol. The SMILES string of the molecule is O=S(=O)(Nc1ccc(N2CCCCCC2)nc1)c1ccc2c(c1)OCO2. The fraction of sp³-hybridized carbons (Fsp3) is 0.389. The number of aromatic nitrogens is 1. The summed E-state index contributed by atoms with van der Waals surface area (Å²) in [5.74, 6) is 1.87. The van der Waals surface area contributed by atoms with Gasteiger partial charge in [-0.1, -0.05) is 12.8 Å². The number of fused-ring (bicyclic) bond motifs is 1. The fourth-order valence-corrected chi connectivity index (χ4v) is 4.25. The van der Waals surface area contributed by atoms with Crippen molar-refractivity contribution in [1.82, 2.24) is 4.98 Å². The number of anilines is 2. The van der Waals surface area contributed by atoms with E-state index in [9.17, 15) is 8.42 Å². The zero-order chi connectivity index (χ0) is 18.0. The molecule has 1 fully saturated rings. The number of pyridine rings is 1. The van der Waals surface area contributed by atoms with E-state index in [0.29, 0.717) is 17.2 Å². The van der Waals surface area contributed by atoms with Crippen molar-refractivity contribution in [2.45, 2.75) is 30.6 Å². The number of sulfonamides is 1. The Morgan fingerprint density at radius 2 is 1.73 bits per heavy atom. The molecule has 0 radical (unpaired) electrons. The summed E-state index contributed by atoms with van der Waals surface area (Å²) in [7, 11) is -3.72. The molecule has 4 rings (SSSR count).